The Balaban J connectivity index is 2.24. The Bertz CT molecular complexity index is 605. The molecule has 2 aromatic rings. The fourth-order valence-corrected chi connectivity index (χ4v) is 1.62. The second kappa shape index (κ2) is 5.20. The van der Waals surface area contributed by atoms with Gasteiger partial charge in [0.15, 0.2) is 0 Å². The summed E-state index contributed by atoms with van der Waals surface area (Å²) in [6, 6.07) is 5.48. The molecule has 0 radical (unpaired) electrons. The van der Waals surface area contributed by atoms with E-state index in [9.17, 15) is 9.90 Å². The van der Waals surface area contributed by atoms with Crippen LogP contribution in [0.15, 0.2) is 30.6 Å². The first-order valence-corrected chi connectivity index (χ1v) is 5.59. The summed E-state index contributed by atoms with van der Waals surface area (Å²) in [5.41, 5.74) is 0.145. The lowest BCUT2D eigenvalue weighted by molar-refractivity contribution is 0.102. The maximum absolute atomic E-state index is 11.9. The number of nitrogens with one attached hydrogen (secondary N) is 1. The number of aromatic hydroxyl groups is 1. The highest BCUT2D eigenvalue weighted by Gasteiger charge is 2.12. The maximum atomic E-state index is 11.9. The van der Waals surface area contributed by atoms with Gasteiger partial charge in [-0.15, -0.1) is 0 Å². The van der Waals surface area contributed by atoms with Crippen LogP contribution in [0.3, 0.4) is 0 Å². The molecule has 0 spiro atoms. The van der Waals surface area contributed by atoms with Gasteiger partial charge in [-0.05, 0) is 18.2 Å². The van der Waals surface area contributed by atoms with Crippen LogP contribution in [0.5, 0.6) is 5.75 Å². The van der Waals surface area contributed by atoms with Gasteiger partial charge in [0.05, 0.1) is 10.6 Å². The lowest BCUT2D eigenvalue weighted by Gasteiger charge is -2.06. The molecule has 2 N–H and O–H groups in total. The molecule has 1 aromatic carbocycles. The van der Waals surface area contributed by atoms with Crippen LogP contribution in [-0.2, 0) is 0 Å². The van der Waals surface area contributed by atoms with Crippen molar-refractivity contribution in [2.24, 2.45) is 0 Å². The van der Waals surface area contributed by atoms with Gasteiger partial charge < -0.3 is 10.4 Å². The third kappa shape index (κ3) is 2.88. The molecule has 0 fully saturated rings. The van der Waals surface area contributed by atoms with E-state index in [2.05, 4.69) is 15.3 Å². The summed E-state index contributed by atoms with van der Waals surface area (Å²) in [5, 5.41) is 12.2. The number of hydrogen-bond acceptors (Lipinski definition) is 4. The highest BCUT2D eigenvalue weighted by atomic mass is 35.5. The van der Waals surface area contributed by atoms with Crippen molar-refractivity contribution in [3.05, 3.63) is 46.3 Å². The number of rotatable bonds is 2. The average Bonchev–Trinajstić information content (AvgIpc) is 2.32. The number of carbonyl (C=O) groups is 1. The van der Waals surface area contributed by atoms with Crippen LogP contribution in [0.4, 0.5) is 5.82 Å². The summed E-state index contributed by atoms with van der Waals surface area (Å²) in [7, 11) is 0. The number of phenols is 1. The molecule has 5 nitrogen and oxygen atoms in total. The van der Waals surface area contributed by atoms with E-state index in [1.54, 1.807) is 0 Å². The van der Waals surface area contributed by atoms with Crippen molar-refractivity contribution in [3.63, 3.8) is 0 Å². The maximum Gasteiger partial charge on any atom is 0.258 e. The van der Waals surface area contributed by atoms with Crippen LogP contribution in [0, 0.1) is 0 Å². The van der Waals surface area contributed by atoms with Crippen LogP contribution in [-0.4, -0.2) is 21.0 Å². The van der Waals surface area contributed by atoms with Gasteiger partial charge in [0.2, 0.25) is 0 Å². The van der Waals surface area contributed by atoms with Crippen molar-refractivity contribution < 1.29 is 9.90 Å². The first kappa shape index (κ1) is 12.6. The number of hydrogen-bond donors (Lipinski definition) is 2. The summed E-state index contributed by atoms with van der Waals surface area (Å²) in [6.07, 6.45) is 1.22. The van der Waals surface area contributed by atoms with E-state index in [0.29, 0.717) is 0 Å². The lowest BCUT2D eigenvalue weighted by atomic mass is 10.2. The molecule has 0 atom stereocenters. The van der Waals surface area contributed by atoms with E-state index in [4.69, 9.17) is 23.2 Å². The van der Waals surface area contributed by atoms with Crippen molar-refractivity contribution in [2.45, 2.75) is 0 Å². The predicted molar refractivity (Wildman–Crippen MR) is 68.1 cm³/mol. The van der Waals surface area contributed by atoms with Crippen molar-refractivity contribution in [1.29, 1.82) is 0 Å². The summed E-state index contributed by atoms with van der Waals surface area (Å²) in [4.78, 5) is 19.4. The van der Waals surface area contributed by atoms with E-state index < -0.39 is 5.91 Å². The Hall–Kier alpha value is -1.85. The van der Waals surface area contributed by atoms with Gasteiger partial charge in [-0.1, -0.05) is 23.2 Å². The minimum absolute atomic E-state index is 0.0507. The van der Waals surface area contributed by atoms with Gasteiger partial charge >= 0.3 is 0 Å². The zero-order chi connectivity index (χ0) is 13.1. The second-order valence-corrected chi connectivity index (χ2v) is 4.14. The monoisotopic (exact) mass is 283 g/mol. The number of anilines is 1. The molecule has 1 heterocycles. The zero-order valence-electron chi connectivity index (χ0n) is 8.89. The average molecular weight is 284 g/mol. The molecule has 0 aliphatic carbocycles. The molecule has 0 aliphatic rings. The molecule has 0 aliphatic heterocycles. The summed E-state index contributed by atoms with van der Waals surface area (Å²) >= 11 is 11.5. The van der Waals surface area contributed by atoms with Crippen LogP contribution >= 0.6 is 23.2 Å². The van der Waals surface area contributed by atoms with Gasteiger partial charge in [0, 0.05) is 6.07 Å². The molecule has 2 rings (SSSR count). The molecular formula is C11H7Cl2N3O2. The van der Waals surface area contributed by atoms with Crippen molar-refractivity contribution in [2.75, 3.05) is 5.32 Å². The van der Waals surface area contributed by atoms with E-state index in [1.165, 1.54) is 30.6 Å². The van der Waals surface area contributed by atoms with Gasteiger partial charge in [-0.2, -0.15) is 0 Å². The molecule has 0 unspecified atom stereocenters. The molecule has 1 amide bonds. The molecule has 1 aromatic heterocycles. The Kier molecular flexibility index (Phi) is 3.64. The number of benzene rings is 1. The number of halogens is 2. The Morgan fingerprint density at radius 2 is 2.00 bits per heavy atom. The molecule has 0 saturated carbocycles. The number of nitrogens with zero attached hydrogens (tertiary/aromatic N) is 2. The largest absolute Gasteiger partial charge is 0.508 e. The molecule has 92 valence electrons. The van der Waals surface area contributed by atoms with Gasteiger partial charge in [-0.25, -0.2) is 9.97 Å². The van der Waals surface area contributed by atoms with Crippen LogP contribution in [0.2, 0.25) is 10.2 Å². The van der Waals surface area contributed by atoms with E-state index >= 15 is 0 Å². The van der Waals surface area contributed by atoms with Crippen molar-refractivity contribution in [3.8, 4) is 5.75 Å². The Morgan fingerprint density at radius 1 is 1.22 bits per heavy atom. The second-order valence-electron chi connectivity index (χ2n) is 3.34. The number of phenolic OH excluding ortho intramolecular Hbond substituents is 1. The van der Waals surface area contributed by atoms with Crippen molar-refractivity contribution in [1.82, 2.24) is 9.97 Å². The molecule has 0 saturated heterocycles. The summed E-state index contributed by atoms with van der Waals surface area (Å²) in [6.45, 7) is 0. The van der Waals surface area contributed by atoms with Crippen LogP contribution < -0.4 is 5.32 Å². The first-order chi connectivity index (χ1) is 8.56. The number of aromatic nitrogens is 2. The highest BCUT2D eigenvalue weighted by Crippen LogP contribution is 2.22. The molecular weight excluding hydrogens is 277 g/mol. The third-order valence-corrected chi connectivity index (χ3v) is 2.61. The number of carbonyl (C=O) groups excluding carboxylic acids is 1. The fourth-order valence-electron chi connectivity index (χ4n) is 1.27. The molecule has 7 heteroatoms. The van der Waals surface area contributed by atoms with Crippen LogP contribution in [0.1, 0.15) is 10.4 Å². The highest BCUT2D eigenvalue weighted by molar-refractivity contribution is 6.34. The fraction of sp³-hybridized carbons (Fsp3) is 0. The SMILES string of the molecule is O=C(Nc1cc(Cl)ncn1)c1cc(O)ccc1Cl. The van der Waals surface area contributed by atoms with Gasteiger partial charge in [-0.3, -0.25) is 4.79 Å². The zero-order valence-corrected chi connectivity index (χ0v) is 10.4. The minimum Gasteiger partial charge on any atom is -0.508 e. The van der Waals surface area contributed by atoms with Gasteiger partial charge in [0.25, 0.3) is 5.91 Å². The Labute approximate surface area is 112 Å². The predicted octanol–water partition coefficient (Wildman–Crippen LogP) is 2.74. The topological polar surface area (TPSA) is 75.1 Å². The first-order valence-electron chi connectivity index (χ1n) is 4.83. The minimum atomic E-state index is -0.495. The lowest BCUT2D eigenvalue weighted by Crippen LogP contribution is -2.13. The Morgan fingerprint density at radius 3 is 2.72 bits per heavy atom. The quantitative estimate of drug-likeness (QED) is 0.831. The summed E-state index contributed by atoms with van der Waals surface area (Å²) < 4.78 is 0. The standard InChI is InChI=1S/C11H7Cl2N3O2/c12-8-2-1-6(17)3-7(8)11(18)16-10-4-9(13)14-5-15-10/h1-5,17H,(H,14,15,16,18). The third-order valence-electron chi connectivity index (χ3n) is 2.07. The van der Waals surface area contributed by atoms with E-state index in [-0.39, 0.29) is 27.3 Å². The van der Waals surface area contributed by atoms with Crippen LogP contribution in [0.25, 0.3) is 0 Å². The molecule has 0 bridgehead atoms. The number of amides is 1. The van der Waals surface area contributed by atoms with E-state index in [1.807, 2.05) is 0 Å². The summed E-state index contributed by atoms with van der Waals surface area (Å²) in [5.74, 6) is -0.296. The van der Waals surface area contributed by atoms with E-state index in [0.717, 1.165) is 0 Å². The normalized spacial score (nSPS) is 10.1. The van der Waals surface area contributed by atoms with Gasteiger partial charge in [0.1, 0.15) is 23.0 Å². The smallest absolute Gasteiger partial charge is 0.258 e. The molecule has 18 heavy (non-hydrogen) atoms. The van der Waals surface area contributed by atoms with Crippen molar-refractivity contribution >= 4 is 34.9 Å².